The minimum absolute atomic E-state index is 0.315. The third-order valence-corrected chi connectivity index (χ3v) is 4.74. The summed E-state index contributed by atoms with van der Waals surface area (Å²) in [7, 11) is 0. The van der Waals surface area contributed by atoms with Crippen LogP contribution < -0.4 is 0 Å². The first-order valence-electron chi connectivity index (χ1n) is 6.83. The highest BCUT2D eigenvalue weighted by molar-refractivity contribution is 9.10. The molecule has 0 radical (unpaired) electrons. The Bertz CT molecular complexity index is 711. The Labute approximate surface area is 126 Å². The number of nitrogens with zero attached hydrogens (tertiary/aromatic N) is 1. The van der Waals surface area contributed by atoms with Crippen LogP contribution >= 0.6 is 15.9 Å². The molecule has 20 heavy (non-hydrogen) atoms. The lowest BCUT2D eigenvalue weighted by Gasteiger charge is -2.28. The van der Waals surface area contributed by atoms with E-state index in [0.29, 0.717) is 17.4 Å². The molecule has 4 heteroatoms. The first kappa shape index (κ1) is 13.6. The number of fused-ring (bicyclic) bond motifs is 2. The van der Waals surface area contributed by atoms with E-state index < -0.39 is 5.97 Å². The van der Waals surface area contributed by atoms with E-state index in [2.05, 4.69) is 29.8 Å². The molecule has 0 saturated carbocycles. The molecule has 3 rings (SSSR count). The van der Waals surface area contributed by atoms with Gasteiger partial charge in [0.2, 0.25) is 0 Å². The summed E-state index contributed by atoms with van der Waals surface area (Å²) < 4.78 is 0.800. The number of halogens is 1. The minimum Gasteiger partial charge on any atom is -0.478 e. The highest BCUT2D eigenvalue weighted by atomic mass is 79.9. The molecule has 2 unspecified atom stereocenters. The average Bonchev–Trinajstić information content (AvgIpc) is 2.37. The van der Waals surface area contributed by atoms with Crippen molar-refractivity contribution in [1.29, 1.82) is 0 Å². The van der Waals surface area contributed by atoms with Gasteiger partial charge in [0.05, 0.1) is 11.1 Å². The third-order valence-electron chi connectivity index (χ3n) is 4.08. The van der Waals surface area contributed by atoms with Crippen molar-refractivity contribution in [3.8, 4) is 0 Å². The van der Waals surface area contributed by atoms with E-state index in [0.717, 1.165) is 39.5 Å². The van der Waals surface area contributed by atoms with Gasteiger partial charge in [0.25, 0.3) is 0 Å². The quantitative estimate of drug-likeness (QED) is 0.842. The number of aromatic carboxylic acids is 1. The third kappa shape index (κ3) is 2.03. The van der Waals surface area contributed by atoms with Gasteiger partial charge in [-0.05, 0) is 42.4 Å². The summed E-state index contributed by atoms with van der Waals surface area (Å²) in [6, 6.07) is 5.66. The van der Waals surface area contributed by atoms with Gasteiger partial charge in [0, 0.05) is 15.6 Å². The van der Waals surface area contributed by atoms with Gasteiger partial charge in [-0.2, -0.15) is 0 Å². The maximum absolute atomic E-state index is 11.8. The second kappa shape index (κ2) is 4.85. The molecule has 0 bridgehead atoms. The number of benzene rings is 1. The number of aromatic nitrogens is 1. The molecule has 1 aromatic carbocycles. The first-order chi connectivity index (χ1) is 9.49. The van der Waals surface area contributed by atoms with Crippen LogP contribution in [0.1, 0.15) is 47.8 Å². The number of pyridine rings is 1. The number of carbonyl (C=O) groups is 1. The van der Waals surface area contributed by atoms with Crippen LogP contribution in [-0.2, 0) is 6.42 Å². The number of carboxylic acid groups (broad SMARTS) is 1. The Balaban J connectivity index is 2.43. The van der Waals surface area contributed by atoms with Crippen LogP contribution in [0.5, 0.6) is 0 Å². The van der Waals surface area contributed by atoms with E-state index in [-0.39, 0.29) is 0 Å². The Morgan fingerprint density at radius 2 is 2.15 bits per heavy atom. The van der Waals surface area contributed by atoms with Crippen molar-refractivity contribution in [2.24, 2.45) is 5.92 Å². The fourth-order valence-corrected chi connectivity index (χ4v) is 3.88. The lowest BCUT2D eigenvalue weighted by molar-refractivity contribution is 0.0697. The summed E-state index contributed by atoms with van der Waals surface area (Å²) in [6.07, 6.45) is 1.87. The van der Waals surface area contributed by atoms with Crippen LogP contribution in [0, 0.1) is 5.92 Å². The second-order valence-corrected chi connectivity index (χ2v) is 6.59. The SMILES string of the molecule is CC1Cc2c(nc3cccc(Br)c3c2C(=O)O)C(C)C1. The Kier molecular flexibility index (Phi) is 3.28. The largest absolute Gasteiger partial charge is 0.478 e. The zero-order chi connectivity index (χ0) is 14.4. The van der Waals surface area contributed by atoms with E-state index in [1.54, 1.807) is 0 Å². The molecule has 2 atom stereocenters. The lowest BCUT2D eigenvalue weighted by Crippen LogP contribution is -2.20. The van der Waals surface area contributed by atoms with Gasteiger partial charge in [-0.3, -0.25) is 4.98 Å². The van der Waals surface area contributed by atoms with Crippen LogP contribution in [0.2, 0.25) is 0 Å². The van der Waals surface area contributed by atoms with Crippen LogP contribution in [0.3, 0.4) is 0 Å². The Morgan fingerprint density at radius 1 is 1.40 bits per heavy atom. The molecule has 1 heterocycles. The molecular weight excluding hydrogens is 318 g/mol. The summed E-state index contributed by atoms with van der Waals surface area (Å²) in [5, 5.41) is 10.4. The van der Waals surface area contributed by atoms with Crippen molar-refractivity contribution in [2.45, 2.75) is 32.6 Å². The van der Waals surface area contributed by atoms with Gasteiger partial charge in [-0.1, -0.05) is 35.8 Å². The molecule has 0 fully saturated rings. The zero-order valence-corrected chi connectivity index (χ0v) is 13.1. The first-order valence-corrected chi connectivity index (χ1v) is 7.62. The molecule has 1 aliphatic rings. The molecule has 104 valence electrons. The molecule has 0 amide bonds. The Morgan fingerprint density at radius 3 is 2.85 bits per heavy atom. The van der Waals surface area contributed by atoms with Crippen LogP contribution in [0.15, 0.2) is 22.7 Å². The van der Waals surface area contributed by atoms with E-state index in [9.17, 15) is 9.90 Å². The van der Waals surface area contributed by atoms with Crippen LogP contribution in [0.25, 0.3) is 10.9 Å². The second-order valence-electron chi connectivity index (χ2n) is 5.74. The van der Waals surface area contributed by atoms with E-state index in [1.807, 2.05) is 18.2 Å². The summed E-state index contributed by atoms with van der Waals surface area (Å²) in [4.78, 5) is 16.5. The number of hydrogen-bond acceptors (Lipinski definition) is 2. The van der Waals surface area contributed by atoms with Crippen molar-refractivity contribution < 1.29 is 9.90 Å². The number of carboxylic acids is 1. The Hall–Kier alpha value is -1.42. The number of hydrogen-bond donors (Lipinski definition) is 1. The maximum Gasteiger partial charge on any atom is 0.336 e. The maximum atomic E-state index is 11.8. The molecule has 1 aromatic heterocycles. The molecule has 0 aliphatic heterocycles. The van der Waals surface area contributed by atoms with Crippen molar-refractivity contribution in [3.05, 3.63) is 39.5 Å². The van der Waals surface area contributed by atoms with Crippen LogP contribution in [-0.4, -0.2) is 16.1 Å². The highest BCUT2D eigenvalue weighted by Crippen LogP contribution is 2.39. The van der Waals surface area contributed by atoms with Crippen molar-refractivity contribution >= 4 is 32.8 Å². The van der Waals surface area contributed by atoms with E-state index in [4.69, 9.17) is 4.98 Å². The van der Waals surface area contributed by atoms with Crippen molar-refractivity contribution in [3.63, 3.8) is 0 Å². The highest BCUT2D eigenvalue weighted by Gasteiger charge is 2.29. The monoisotopic (exact) mass is 333 g/mol. The fourth-order valence-electron chi connectivity index (χ4n) is 3.33. The van der Waals surface area contributed by atoms with Crippen LogP contribution in [0.4, 0.5) is 0 Å². The van der Waals surface area contributed by atoms with Gasteiger partial charge < -0.3 is 5.11 Å². The molecular formula is C16H16BrNO2. The normalized spacial score (nSPS) is 21.8. The van der Waals surface area contributed by atoms with Crippen molar-refractivity contribution in [2.75, 3.05) is 0 Å². The minimum atomic E-state index is -0.859. The molecule has 1 N–H and O–H groups in total. The van der Waals surface area contributed by atoms with E-state index in [1.165, 1.54) is 0 Å². The molecule has 1 aliphatic carbocycles. The van der Waals surface area contributed by atoms with Gasteiger partial charge in [-0.25, -0.2) is 4.79 Å². The topological polar surface area (TPSA) is 50.2 Å². The summed E-state index contributed by atoms with van der Waals surface area (Å²) >= 11 is 3.47. The van der Waals surface area contributed by atoms with Gasteiger partial charge >= 0.3 is 5.97 Å². The molecule has 2 aromatic rings. The summed E-state index contributed by atoms with van der Waals surface area (Å²) in [5.74, 6) is -0.0468. The zero-order valence-electron chi connectivity index (χ0n) is 11.5. The van der Waals surface area contributed by atoms with E-state index >= 15 is 0 Å². The van der Waals surface area contributed by atoms with Gasteiger partial charge in [0.15, 0.2) is 0 Å². The summed E-state index contributed by atoms with van der Waals surface area (Å²) in [5.41, 5.74) is 3.07. The van der Waals surface area contributed by atoms with Gasteiger partial charge in [-0.15, -0.1) is 0 Å². The number of rotatable bonds is 1. The average molecular weight is 334 g/mol. The fraction of sp³-hybridized carbons (Fsp3) is 0.375. The smallest absolute Gasteiger partial charge is 0.336 e. The van der Waals surface area contributed by atoms with Crippen molar-refractivity contribution in [1.82, 2.24) is 4.98 Å². The lowest BCUT2D eigenvalue weighted by atomic mass is 9.79. The predicted molar refractivity (Wildman–Crippen MR) is 82.3 cm³/mol. The predicted octanol–water partition coefficient (Wildman–Crippen LogP) is 4.38. The van der Waals surface area contributed by atoms with Gasteiger partial charge in [0.1, 0.15) is 0 Å². The summed E-state index contributed by atoms with van der Waals surface area (Å²) in [6.45, 7) is 4.31. The molecule has 3 nitrogen and oxygen atoms in total. The molecule has 0 spiro atoms. The molecule has 0 saturated heterocycles. The standard InChI is InChI=1S/C16H16BrNO2/c1-8-6-9(2)15-10(7-8)13(16(19)20)14-11(17)4-3-5-12(14)18-15/h3-5,8-9H,6-7H2,1-2H3,(H,19,20).